The van der Waals surface area contributed by atoms with Crippen molar-refractivity contribution in [1.29, 1.82) is 0 Å². The molecule has 2 aliphatic carbocycles. The molecule has 1 aliphatic heterocycles. The summed E-state index contributed by atoms with van der Waals surface area (Å²) in [6.45, 7) is 7.90. The van der Waals surface area contributed by atoms with Crippen molar-refractivity contribution in [1.82, 2.24) is 20.4 Å². The number of carbonyl (C=O) groups is 2. The molecule has 2 saturated carbocycles. The summed E-state index contributed by atoms with van der Waals surface area (Å²) in [6.07, 6.45) is 3.82. The van der Waals surface area contributed by atoms with E-state index in [1.54, 1.807) is 0 Å². The number of urea groups is 1. The molecule has 0 bridgehead atoms. The number of piperazine rings is 1. The molecule has 1 aromatic rings. The lowest BCUT2D eigenvalue weighted by Gasteiger charge is -2.58. The van der Waals surface area contributed by atoms with Gasteiger partial charge in [-0.1, -0.05) is 23.7 Å². The lowest BCUT2D eigenvalue weighted by molar-refractivity contribution is -0.151. The van der Waals surface area contributed by atoms with Crippen LogP contribution in [0.3, 0.4) is 0 Å². The fourth-order valence-electron chi connectivity index (χ4n) is 5.53. The van der Waals surface area contributed by atoms with Crippen LogP contribution < -0.4 is 10.6 Å². The van der Waals surface area contributed by atoms with Crippen molar-refractivity contribution in [2.24, 2.45) is 11.3 Å². The van der Waals surface area contributed by atoms with E-state index < -0.39 is 5.60 Å². The second kappa shape index (κ2) is 9.20. The predicted octanol–water partition coefficient (Wildman–Crippen LogP) is 2.61. The smallest absolute Gasteiger partial charge is 0.315 e. The van der Waals surface area contributed by atoms with Crippen LogP contribution >= 0.6 is 11.6 Å². The highest BCUT2D eigenvalue weighted by atomic mass is 35.5. The maximum absolute atomic E-state index is 12.9. The molecule has 1 spiro atoms. The fourth-order valence-corrected chi connectivity index (χ4v) is 5.66. The Labute approximate surface area is 195 Å². The molecule has 1 heterocycles. The Balaban J connectivity index is 1.12. The van der Waals surface area contributed by atoms with E-state index in [1.165, 1.54) is 0 Å². The molecule has 0 atom stereocenters. The average molecular weight is 463 g/mol. The molecule has 0 unspecified atom stereocenters. The van der Waals surface area contributed by atoms with Crippen LogP contribution in [0, 0.1) is 11.3 Å². The summed E-state index contributed by atoms with van der Waals surface area (Å²) in [5, 5.41) is 16.6. The Hall–Kier alpha value is -1.83. The molecular formula is C24H35ClN4O3. The third kappa shape index (κ3) is 5.74. The minimum atomic E-state index is -0.700. The van der Waals surface area contributed by atoms with Crippen molar-refractivity contribution < 1.29 is 14.7 Å². The minimum Gasteiger partial charge on any atom is -0.389 e. The molecule has 8 heteroatoms. The topological polar surface area (TPSA) is 84.9 Å². The van der Waals surface area contributed by atoms with Gasteiger partial charge >= 0.3 is 6.03 Å². The second-order valence-corrected chi connectivity index (χ2v) is 11.0. The number of carbonyl (C=O) groups excluding carboxylic acids is 2. The molecule has 3 N–H and O–H groups in total. The van der Waals surface area contributed by atoms with E-state index in [0.29, 0.717) is 18.1 Å². The van der Waals surface area contributed by atoms with E-state index in [1.807, 2.05) is 43.0 Å². The molecule has 32 heavy (non-hydrogen) atoms. The maximum Gasteiger partial charge on any atom is 0.315 e. The Kier molecular flexibility index (Phi) is 6.71. The van der Waals surface area contributed by atoms with Crippen molar-refractivity contribution >= 4 is 23.5 Å². The van der Waals surface area contributed by atoms with Crippen LogP contribution in [0.2, 0.25) is 5.02 Å². The highest BCUT2D eigenvalue weighted by molar-refractivity contribution is 6.30. The number of hydrogen-bond donors (Lipinski definition) is 3. The lowest BCUT2D eigenvalue weighted by Crippen LogP contribution is -2.60. The zero-order valence-electron chi connectivity index (χ0n) is 19.1. The zero-order valence-corrected chi connectivity index (χ0v) is 19.8. The summed E-state index contributed by atoms with van der Waals surface area (Å²) in [5.74, 6) is 0.422. The second-order valence-electron chi connectivity index (χ2n) is 10.6. The molecule has 7 nitrogen and oxygen atoms in total. The van der Waals surface area contributed by atoms with E-state index in [9.17, 15) is 14.7 Å². The average Bonchev–Trinajstić information content (AvgIpc) is 2.67. The molecule has 1 saturated heterocycles. The summed E-state index contributed by atoms with van der Waals surface area (Å²) in [7, 11) is 0. The molecule has 0 radical (unpaired) electrons. The largest absolute Gasteiger partial charge is 0.389 e. The van der Waals surface area contributed by atoms with Gasteiger partial charge in [0.2, 0.25) is 5.91 Å². The Morgan fingerprint density at radius 2 is 1.72 bits per heavy atom. The van der Waals surface area contributed by atoms with Gasteiger partial charge in [-0.05, 0) is 62.6 Å². The predicted molar refractivity (Wildman–Crippen MR) is 124 cm³/mol. The normalized spacial score (nSPS) is 28.1. The van der Waals surface area contributed by atoms with Crippen molar-refractivity contribution in [3.8, 4) is 0 Å². The van der Waals surface area contributed by atoms with Crippen LogP contribution in [0.25, 0.3) is 0 Å². The summed E-state index contributed by atoms with van der Waals surface area (Å²) >= 11 is 5.88. The van der Waals surface area contributed by atoms with Crippen LogP contribution in [0.15, 0.2) is 24.3 Å². The minimum absolute atomic E-state index is 0.135. The van der Waals surface area contributed by atoms with Crippen molar-refractivity contribution in [2.45, 2.75) is 57.7 Å². The third-order valence-electron chi connectivity index (χ3n) is 7.06. The Morgan fingerprint density at radius 1 is 1.09 bits per heavy atom. The molecule has 3 fully saturated rings. The number of hydrogen-bond acceptors (Lipinski definition) is 4. The first-order valence-electron chi connectivity index (χ1n) is 11.6. The van der Waals surface area contributed by atoms with Gasteiger partial charge in [0.15, 0.2) is 0 Å². The number of nitrogens with one attached hydrogen (secondary N) is 2. The van der Waals surface area contributed by atoms with Crippen LogP contribution in [0.5, 0.6) is 0 Å². The Bertz CT molecular complexity index is 817. The zero-order chi connectivity index (χ0) is 22.9. The number of amides is 3. The summed E-state index contributed by atoms with van der Waals surface area (Å²) in [6, 6.07) is 7.49. The molecule has 3 aliphatic rings. The first-order chi connectivity index (χ1) is 15.1. The van der Waals surface area contributed by atoms with Gasteiger partial charge in [0.25, 0.3) is 0 Å². The van der Waals surface area contributed by atoms with Crippen molar-refractivity contribution in [3.63, 3.8) is 0 Å². The Morgan fingerprint density at radius 3 is 2.31 bits per heavy atom. The van der Waals surface area contributed by atoms with Crippen molar-refractivity contribution in [3.05, 3.63) is 34.9 Å². The molecule has 0 aromatic heterocycles. The van der Waals surface area contributed by atoms with Crippen LogP contribution in [0.4, 0.5) is 4.79 Å². The molecule has 176 valence electrons. The summed E-state index contributed by atoms with van der Waals surface area (Å²) in [4.78, 5) is 29.3. The first kappa shape index (κ1) is 23.3. The molecule has 3 amide bonds. The van der Waals surface area contributed by atoms with Gasteiger partial charge < -0.3 is 20.6 Å². The van der Waals surface area contributed by atoms with E-state index >= 15 is 0 Å². The highest BCUT2D eigenvalue weighted by Crippen LogP contribution is 2.59. The molecule has 1 aromatic carbocycles. The lowest BCUT2D eigenvalue weighted by atomic mass is 9.50. The van der Waals surface area contributed by atoms with Gasteiger partial charge in [0, 0.05) is 56.3 Å². The quantitative estimate of drug-likeness (QED) is 0.606. The summed E-state index contributed by atoms with van der Waals surface area (Å²) in [5.41, 5.74) is 0.557. The number of aliphatic hydroxyl groups is 1. The number of halogens is 1. The van der Waals surface area contributed by atoms with E-state index in [2.05, 4.69) is 15.5 Å². The van der Waals surface area contributed by atoms with E-state index in [-0.39, 0.29) is 29.3 Å². The fraction of sp³-hybridized carbons (Fsp3) is 0.667. The van der Waals surface area contributed by atoms with Gasteiger partial charge in [0.1, 0.15) is 0 Å². The summed E-state index contributed by atoms with van der Waals surface area (Å²) < 4.78 is 0. The van der Waals surface area contributed by atoms with E-state index in [4.69, 9.17) is 11.6 Å². The maximum atomic E-state index is 12.9. The van der Waals surface area contributed by atoms with Gasteiger partial charge in [-0.15, -0.1) is 0 Å². The SMILES string of the molecule is CC(C)(O)CN1CCN(C(=O)C2CC3(CC(NC(=O)NCc4ccc(Cl)cc4)C3)C2)CC1. The number of rotatable bonds is 6. The number of nitrogens with zero attached hydrogens (tertiary/aromatic N) is 2. The van der Waals surface area contributed by atoms with Gasteiger partial charge in [-0.2, -0.15) is 0 Å². The highest BCUT2D eigenvalue weighted by Gasteiger charge is 2.55. The third-order valence-corrected chi connectivity index (χ3v) is 7.31. The van der Waals surface area contributed by atoms with Gasteiger partial charge in [-0.25, -0.2) is 4.79 Å². The van der Waals surface area contributed by atoms with Gasteiger partial charge in [-0.3, -0.25) is 9.69 Å². The van der Waals surface area contributed by atoms with E-state index in [0.717, 1.165) is 57.4 Å². The number of β-amino-alcohol motifs (C(OH)–C–C–N with tert-alkyl or cyclic N) is 1. The van der Waals surface area contributed by atoms with Crippen LogP contribution in [-0.4, -0.2) is 71.2 Å². The number of benzene rings is 1. The standard InChI is InChI=1S/C24H35ClN4O3/c1-23(2,32)16-28-7-9-29(10-8-28)21(30)18-11-24(12-18)13-20(14-24)27-22(31)26-15-17-3-5-19(25)6-4-17/h3-6,18,20,32H,7-16H2,1-2H3,(H2,26,27,31). The first-order valence-corrected chi connectivity index (χ1v) is 12.0. The van der Waals surface area contributed by atoms with Gasteiger partial charge in [0.05, 0.1) is 5.60 Å². The van der Waals surface area contributed by atoms with Crippen molar-refractivity contribution in [2.75, 3.05) is 32.7 Å². The monoisotopic (exact) mass is 462 g/mol. The molecule has 4 rings (SSSR count). The van der Waals surface area contributed by atoms with Crippen LogP contribution in [-0.2, 0) is 11.3 Å². The molecular weight excluding hydrogens is 428 g/mol. The van der Waals surface area contributed by atoms with Crippen LogP contribution in [0.1, 0.15) is 45.1 Å².